The van der Waals surface area contributed by atoms with Crippen molar-refractivity contribution in [2.24, 2.45) is 5.41 Å². The number of Topliss-reactive ketones (excluding diaryl/α,β-unsaturated/α-hetero) is 1. The predicted molar refractivity (Wildman–Crippen MR) is 87.8 cm³/mol. The standard InChI is InChI=1S/C17H23FN2O5/c1-17(2,10-21)14(23)16(25)19-8-7-13(22)15(24)20-9-11-3-5-12(18)6-4-11/h3-6,14,21,23H,7-10H2,1-2H3,(H,19,25)(H,20,24). The van der Waals surface area contributed by atoms with Gasteiger partial charge >= 0.3 is 0 Å². The Balaban J connectivity index is 2.35. The zero-order valence-electron chi connectivity index (χ0n) is 14.2. The lowest BCUT2D eigenvalue weighted by atomic mass is 9.87. The maximum atomic E-state index is 12.8. The van der Waals surface area contributed by atoms with Crippen molar-refractivity contribution in [2.75, 3.05) is 13.2 Å². The fourth-order valence-corrected chi connectivity index (χ4v) is 1.83. The summed E-state index contributed by atoms with van der Waals surface area (Å²) in [5.74, 6) is -2.65. The van der Waals surface area contributed by atoms with E-state index in [0.29, 0.717) is 5.56 Å². The van der Waals surface area contributed by atoms with Crippen LogP contribution in [-0.2, 0) is 20.9 Å². The molecule has 1 rings (SSSR count). The molecule has 7 nitrogen and oxygen atoms in total. The van der Waals surface area contributed by atoms with E-state index in [0.717, 1.165) is 0 Å². The zero-order valence-corrected chi connectivity index (χ0v) is 14.2. The predicted octanol–water partition coefficient (Wildman–Crippen LogP) is -0.103. The van der Waals surface area contributed by atoms with E-state index in [1.165, 1.54) is 38.1 Å². The van der Waals surface area contributed by atoms with Gasteiger partial charge in [-0.2, -0.15) is 0 Å². The van der Waals surface area contributed by atoms with Crippen molar-refractivity contribution in [3.05, 3.63) is 35.6 Å². The van der Waals surface area contributed by atoms with E-state index in [1.807, 2.05) is 0 Å². The second kappa shape index (κ2) is 9.24. The molecule has 1 atom stereocenters. The molecule has 25 heavy (non-hydrogen) atoms. The Morgan fingerprint density at radius 3 is 2.32 bits per heavy atom. The highest BCUT2D eigenvalue weighted by atomic mass is 19.1. The highest BCUT2D eigenvalue weighted by Gasteiger charge is 2.32. The second-order valence-electron chi connectivity index (χ2n) is 6.32. The van der Waals surface area contributed by atoms with E-state index in [4.69, 9.17) is 5.11 Å². The Kier molecular flexibility index (Phi) is 7.66. The van der Waals surface area contributed by atoms with Gasteiger partial charge in [-0.05, 0) is 17.7 Å². The van der Waals surface area contributed by atoms with E-state index in [-0.39, 0.29) is 26.1 Å². The molecule has 0 heterocycles. The zero-order chi connectivity index (χ0) is 19.0. The normalized spacial score (nSPS) is 12.4. The van der Waals surface area contributed by atoms with Crippen molar-refractivity contribution in [1.29, 1.82) is 0 Å². The van der Waals surface area contributed by atoms with Crippen molar-refractivity contribution in [1.82, 2.24) is 10.6 Å². The van der Waals surface area contributed by atoms with Crippen LogP contribution in [0.25, 0.3) is 0 Å². The van der Waals surface area contributed by atoms with Gasteiger partial charge in [-0.25, -0.2) is 4.39 Å². The van der Waals surface area contributed by atoms with Crippen LogP contribution in [0.1, 0.15) is 25.8 Å². The Morgan fingerprint density at radius 2 is 1.76 bits per heavy atom. The fraction of sp³-hybridized carbons (Fsp3) is 0.471. The maximum absolute atomic E-state index is 12.8. The van der Waals surface area contributed by atoms with E-state index in [2.05, 4.69) is 10.6 Å². The van der Waals surface area contributed by atoms with Crippen molar-refractivity contribution in [3.8, 4) is 0 Å². The number of aliphatic hydroxyl groups is 2. The summed E-state index contributed by atoms with van der Waals surface area (Å²) < 4.78 is 12.8. The van der Waals surface area contributed by atoms with E-state index >= 15 is 0 Å². The lowest BCUT2D eigenvalue weighted by molar-refractivity contribution is -0.139. The molecule has 0 saturated heterocycles. The summed E-state index contributed by atoms with van der Waals surface area (Å²) in [7, 11) is 0. The van der Waals surface area contributed by atoms with E-state index < -0.39 is 34.9 Å². The second-order valence-corrected chi connectivity index (χ2v) is 6.32. The molecule has 4 N–H and O–H groups in total. The third-order valence-corrected chi connectivity index (χ3v) is 3.67. The van der Waals surface area contributed by atoms with Crippen molar-refractivity contribution in [2.45, 2.75) is 32.9 Å². The number of aliphatic hydroxyl groups excluding tert-OH is 2. The molecule has 1 unspecified atom stereocenters. The summed E-state index contributed by atoms with van der Waals surface area (Å²) in [6.45, 7) is 2.63. The summed E-state index contributed by atoms with van der Waals surface area (Å²) in [6.07, 6.45) is -1.66. The monoisotopic (exact) mass is 354 g/mol. The van der Waals surface area contributed by atoms with Crippen LogP contribution >= 0.6 is 0 Å². The number of amides is 2. The van der Waals surface area contributed by atoms with Crippen LogP contribution in [0.5, 0.6) is 0 Å². The maximum Gasteiger partial charge on any atom is 0.287 e. The van der Waals surface area contributed by atoms with Crippen LogP contribution in [0.3, 0.4) is 0 Å². The Morgan fingerprint density at radius 1 is 1.16 bits per heavy atom. The molecular weight excluding hydrogens is 331 g/mol. The molecule has 0 bridgehead atoms. The molecule has 0 aromatic heterocycles. The molecule has 1 aromatic rings. The number of rotatable bonds is 9. The summed E-state index contributed by atoms with van der Waals surface area (Å²) in [5.41, 5.74) is -0.370. The summed E-state index contributed by atoms with van der Waals surface area (Å²) in [5, 5.41) is 23.6. The highest BCUT2D eigenvalue weighted by molar-refractivity contribution is 6.36. The third kappa shape index (κ3) is 6.60. The smallest absolute Gasteiger partial charge is 0.287 e. The van der Waals surface area contributed by atoms with Gasteiger partial charge < -0.3 is 20.8 Å². The number of carbonyl (C=O) groups is 3. The van der Waals surface area contributed by atoms with Crippen LogP contribution < -0.4 is 10.6 Å². The van der Waals surface area contributed by atoms with Crippen LogP contribution in [0.15, 0.2) is 24.3 Å². The highest BCUT2D eigenvalue weighted by Crippen LogP contribution is 2.19. The van der Waals surface area contributed by atoms with Gasteiger partial charge in [0.15, 0.2) is 0 Å². The van der Waals surface area contributed by atoms with Crippen LogP contribution in [0, 0.1) is 11.2 Å². The third-order valence-electron chi connectivity index (χ3n) is 3.67. The molecule has 0 aliphatic heterocycles. The average molecular weight is 354 g/mol. The number of halogens is 1. The van der Waals surface area contributed by atoms with Crippen molar-refractivity contribution in [3.63, 3.8) is 0 Å². The Bertz CT molecular complexity index is 616. The van der Waals surface area contributed by atoms with Crippen LogP contribution in [0.4, 0.5) is 4.39 Å². The SMILES string of the molecule is CC(C)(CO)C(O)C(=O)NCCC(=O)C(=O)NCc1ccc(F)cc1. The van der Waals surface area contributed by atoms with Gasteiger partial charge in [0.05, 0.1) is 6.61 Å². The topological polar surface area (TPSA) is 116 Å². The van der Waals surface area contributed by atoms with Gasteiger partial charge in [0.2, 0.25) is 11.7 Å². The number of ketones is 1. The lowest BCUT2D eigenvalue weighted by Gasteiger charge is -2.27. The quantitative estimate of drug-likeness (QED) is 0.462. The largest absolute Gasteiger partial charge is 0.396 e. The molecule has 0 aliphatic carbocycles. The number of nitrogens with one attached hydrogen (secondary N) is 2. The summed E-state index contributed by atoms with van der Waals surface area (Å²) >= 11 is 0. The molecule has 0 radical (unpaired) electrons. The minimum Gasteiger partial charge on any atom is -0.396 e. The number of benzene rings is 1. The molecule has 0 saturated carbocycles. The minimum absolute atomic E-state index is 0.0839. The fourth-order valence-electron chi connectivity index (χ4n) is 1.83. The first kappa shape index (κ1) is 20.7. The first-order valence-electron chi connectivity index (χ1n) is 7.79. The first-order chi connectivity index (χ1) is 11.7. The molecule has 138 valence electrons. The van der Waals surface area contributed by atoms with Gasteiger partial charge in [-0.15, -0.1) is 0 Å². The van der Waals surface area contributed by atoms with Gasteiger partial charge in [0, 0.05) is 24.9 Å². The molecule has 0 aliphatic rings. The Labute approximate surface area is 145 Å². The molecular formula is C17H23FN2O5. The van der Waals surface area contributed by atoms with Crippen molar-refractivity contribution >= 4 is 17.6 Å². The number of hydrogen-bond donors (Lipinski definition) is 4. The molecule has 0 fully saturated rings. The molecule has 2 amide bonds. The minimum atomic E-state index is -1.43. The van der Waals surface area contributed by atoms with Crippen molar-refractivity contribution < 1.29 is 29.0 Å². The Hall–Kier alpha value is -2.32. The van der Waals surface area contributed by atoms with Gasteiger partial charge in [0.25, 0.3) is 5.91 Å². The molecule has 1 aromatic carbocycles. The molecule has 0 spiro atoms. The van der Waals surface area contributed by atoms with Gasteiger partial charge in [0.1, 0.15) is 11.9 Å². The first-order valence-corrected chi connectivity index (χ1v) is 7.79. The lowest BCUT2D eigenvalue weighted by Crippen LogP contribution is -2.46. The van der Waals surface area contributed by atoms with E-state index in [9.17, 15) is 23.9 Å². The average Bonchev–Trinajstić information content (AvgIpc) is 2.59. The van der Waals surface area contributed by atoms with E-state index in [1.54, 1.807) is 0 Å². The summed E-state index contributed by atoms with van der Waals surface area (Å²) in [4.78, 5) is 35.1. The van der Waals surface area contributed by atoms with Gasteiger partial charge in [-0.3, -0.25) is 14.4 Å². The molecule has 8 heteroatoms. The summed E-state index contributed by atoms with van der Waals surface area (Å²) in [6, 6.07) is 5.48. The van der Waals surface area contributed by atoms with Crippen LogP contribution in [0.2, 0.25) is 0 Å². The van der Waals surface area contributed by atoms with Gasteiger partial charge in [-0.1, -0.05) is 26.0 Å². The number of carbonyl (C=O) groups excluding carboxylic acids is 3. The number of hydrogen-bond acceptors (Lipinski definition) is 5. The van der Waals surface area contributed by atoms with Crippen LogP contribution in [-0.4, -0.2) is 47.1 Å².